The number of hydrogen-bond donors (Lipinski definition) is 0. The minimum absolute atomic E-state index is 0.101. The lowest BCUT2D eigenvalue weighted by Gasteiger charge is -2.26. The molecule has 4 heteroatoms. The van der Waals surface area contributed by atoms with Gasteiger partial charge in [-0.1, -0.05) is 0 Å². The minimum Gasteiger partial charge on any atom is -0.368 e. The molecule has 0 N–H and O–H groups in total. The standard InChI is InChI=1S/C6H10BrNO2/c1-5(9)6-4-8(7)2-3-10-6/h6H,2-4H2,1H3. The third kappa shape index (κ3) is 2.04. The van der Waals surface area contributed by atoms with Crippen molar-refractivity contribution in [3.05, 3.63) is 0 Å². The van der Waals surface area contributed by atoms with Gasteiger partial charge in [-0.2, -0.15) is 0 Å². The molecule has 58 valence electrons. The van der Waals surface area contributed by atoms with E-state index in [1.807, 2.05) is 3.93 Å². The van der Waals surface area contributed by atoms with E-state index in [2.05, 4.69) is 16.1 Å². The summed E-state index contributed by atoms with van der Waals surface area (Å²) in [6.07, 6.45) is -0.229. The van der Waals surface area contributed by atoms with Gasteiger partial charge in [-0.3, -0.25) is 4.79 Å². The van der Waals surface area contributed by atoms with E-state index in [0.717, 1.165) is 6.54 Å². The quantitative estimate of drug-likeness (QED) is 0.590. The van der Waals surface area contributed by atoms with Crippen molar-refractivity contribution in [3.8, 4) is 0 Å². The van der Waals surface area contributed by atoms with Crippen LogP contribution in [0.4, 0.5) is 0 Å². The lowest BCUT2D eigenvalue weighted by atomic mass is 10.2. The number of hydrogen-bond acceptors (Lipinski definition) is 3. The molecule has 0 radical (unpaired) electrons. The first-order chi connectivity index (χ1) is 4.70. The maximum atomic E-state index is 10.8. The molecule has 0 aromatic carbocycles. The Morgan fingerprint density at radius 3 is 2.90 bits per heavy atom. The number of ether oxygens (including phenoxy) is 1. The van der Waals surface area contributed by atoms with E-state index in [0.29, 0.717) is 13.2 Å². The lowest BCUT2D eigenvalue weighted by molar-refractivity contribution is -0.131. The molecule has 1 aliphatic heterocycles. The van der Waals surface area contributed by atoms with E-state index in [9.17, 15) is 4.79 Å². The van der Waals surface area contributed by atoms with Gasteiger partial charge in [-0.15, -0.1) is 0 Å². The molecule has 1 fully saturated rings. The van der Waals surface area contributed by atoms with Gasteiger partial charge in [0.05, 0.1) is 6.61 Å². The van der Waals surface area contributed by atoms with Crippen LogP contribution in [0.5, 0.6) is 0 Å². The Morgan fingerprint density at radius 1 is 1.80 bits per heavy atom. The molecule has 1 heterocycles. The van der Waals surface area contributed by atoms with Gasteiger partial charge in [0.25, 0.3) is 0 Å². The average Bonchev–Trinajstić information content (AvgIpc) is 1.88. The van der Waals surface area contributed by atoms with Crippen LogP contribution in [0, 0.1) is 0 Å². The summed E-state index contributed by atoms with van der Waals surface area (Å²) in [6.45, 7) is 3.70. The van der Waals surface area contributed by atoms with Crippen molar-refractivity contribution in [2.75, 3.05) is 19.7 Å². The zero-order valence-electron chi connectivity index (χ0n) is 5.84. The topological polar surface area (TPSA) is 29.5 Å². The van der Waals surface area contributed by atoms with E-state index in [1.54, 1.807) is 6.92 Å². The predicted octanol–water partition coefficient (Wildman–Crippen LogP) is 0.586. The van der Waals surface area contributed by atoms with Gasteiger partial charge in [-0.05, 0) is 6.92 Å². The summed E-state index contributed by atoms with van der Waals surface area (Å²) >= 11 is 3.30. The third-order valence-electron chi connectivity index (χ3n) is 1.47. The zero-order chi connectivity index (χ0) is 7.56. The minimum atomic E-state index is -0.229. The van der Waals surface area contributed by atoms with Crippen molar-refractivity contribution in [3.63, 3.8) is 0 Å². The molecule has 0 aromatic heterocycles. The molecule has 1 saturated heterocycles. The van der Waals surface area contributed by atoms with Gasteiger partial charge in [0.15, 0.2) is 5.78 Å². The Balaban J connectivity index is 2.39. The fraction of sp³-hybridized carbons (Fsp3) is 0.833. The number of morpholine rings is 1. The predicted molar refractivity (Wildman–Crippen MR) is 40.9 cm³/mol. The summed E-state index contributed by atoms with van der Waals surface area (Å²) in [7, 11) is 0. The number of halogens is 1. The molecule has 3 nitrogen and oxygen atoms in total. The SMILES string of the molecule is CC(=O)C1CN(Br)CCO1. The van der Waals surface area contributed by atoms with Crippen LogP contribution in [0.3, 0.4) is 0 Å². The van der Waals surface area contributed by atoms with Crippen LogP contribution < -0.4 is 0 Å². The Bertz CT molecular complexity index is 140. The second-order valence-electron chi connectivity index (χ2n) is 2.34. The maximum Gasteiger partial charge on any atom is 0.159 e. The lowest BCUT2D eigenvalue weighted by Crippen LogP contribution is -2.40. The summed E-state index contributed by atoms with van der Waals surface area (Å²) in [6, 6.07) is 0. The van der Waals surface area contributed by atoms with E-state index >= 15 is 0 Å². The van der Waals surface area contributed by atoms with Gasteiger partial charge in [0.2, 0.25) is 0 Å². The number of carbonyl (C=O) groups is 1. The van der Waals surface area contributed by atoms with Gasteiger partial charge in [0.1, 0.15) is 6.10 Å². The third-order valence-corrected chi connectivity index (χ3v) is 2.11. The maximum absolute atomic E-state index is 10.8. The number of nitrogens with zero attached hydrogens (tertiary/aromatic N) is 1. The molecule has 1 atom stereocenters. The molecular formula is C6H10BrNO2. The molecule has 0 amide bonds. The fourth-order valence-electron chi connectivity index (χ4n) is 0.864. The first-order valence-electron chi connectivity index (χ1n) is 3.23. The van der Waals surface area contributed by atoms with Crippen LogP contribution >= 0.6 is 16.1 Å². The average molecular weight is 208 g/mol. The van der Waals surface area contributed by atoms with E-state index < -0.39 is 0 Å². The molecule has 0 saturated carbocycles. The smallest absolute Gasteiger partial charge is 0.159 e. The second-order valence-corrected chi connectivity index (χ2v) is 3.34. The molecule has 0 aliphatic carbocycles. The molecule has 0 aromatic rings. The molecule has 1 aliphatic rings. The Labute approximate surface area is 68.7 Å². The molecule has 1 unspecified atom stereocenters. The number of ketones is 1. The Morgan fingerprint density at radius 2 is 2.50 bits per heavy atom. The monoisotopic (exact) mass is 207 g/mol. The number of Topliss-reactive ketones (excluding diaryl/α,β-unsaturated/α-hetero) is 1. The summed E-state index contributed by atoms with van der Waals surface area (Å²) in [4.78, 5) is 10.8. The summed E-state index contributed by atoms with van der Waals surface area (Å²) < 4.78 is 7.11. The van der Waals surface area contributed by atoms with Crippen molar-refractivity contribution >= 4 is 21.9 Å². The van der Waals surface area contributed by atoms with Gasteiger partial charge >= 0.3 is 0 Å². The molecule has 0 bridgehead atoms. The highest BCUT2D eigenvalue weighted by atomic mass is 79.9. The van der Waals surface area contributed by atoms with Crippen LogP contribution in [0.2, 0.25) is 0 Å². The zero-order valence-corrected chi connectivity index (χ0v) is 7.43. The number of carbonyl (C=O) groups excluding carboxylic acids is 1. The molecule has 0 spiro atoms. The van der Waals surface area contributed by atoms with Crippen molar-refractivity contribution < 1.29 is 9.53 Å². The first-order valence-corrected chi connectivity index (χ1v) is 3.94. The van der Waals surface area contributed by atoms with E-state index in [1.165, 1.54) is 0 Å². The second kappa shape index (κ2) is 3.46. The van der Waals surface area contributed by atoms with Crippen LogP contribution in [-0.2, 0) is 9.53 Å². The van der Waals surface area contributed by atoms with Gasteiger partial charge < -0.3 is 4.74 Å². The van der Waals surface area contributed by atoms with E-state index in [-0.39, 0.29) is 11.9 Å². The normalized spacial score (nSPS) is 28.4. The van der Waals surface area contributed by atoms with Crippen molar-refractivity contribution in [1.29, 1.82) is 0 Å². The van der Waals surface area contributed by atoms with Crippen molar-refractivity contribution in [1.82, 2.24) is 3.93 Å². The number of rotatable bonds is 1. The van der Waals surface area contributed by atoms with Crippen LogP contribution in [0.15, 0.2) is 0 Å². The van der Waals surface area contributed by atoms with Crippen molar-refractivity contribution in [2.45, 2.75) is 13.0 Å². The van der Waals surface area contributed by atoms with Crippen LogP contribution in [0.25, 0.3) is 0 Å². The van der Waals surface area contributed by atoms with Gasteiger partial charge in [0, 0.05) is 29.2 Å². The molecule has 10 heavy (non-hydrogen) atoms. The summed E-state index contributed by atoms with van der Waals surface area (Å²) in [5.41, 5.74) is 0. The van der Waals surface area contributed by atoms with Gasteiger partial charge in [-0.25, -0.2) is 3.93 Å². The highest BCUT2D eigenvalue weighted by molar-refractivity contribution is 9.07. The molecular weight excluding hydrogens is 198 g/mol. The Hall–Kier alpha value is 0.0700. The highest BCUT2D eigenvalue weighted by Gasteiger charge is 2.21. The van der Waals surface area contributed by atoms with Crippen molar-refractivity contribution in [2.24, 2.45) is 0 Å². The van der Waals surface area contributed by atoms with Crippen LogP contribution in [-0.4, -0.2) is 35.5 Å². The summed E-state index contributed by atoms with van der Waals surface area (Å²) in [5, 5.41) is 0. The largest absolute Gasteiger partial charge is 0.368 e. The Kier molecular flexibility index (Phi) is 2.82. The highest BCUT2D eigenvalue weighted by Crippen LogP contribution is 2.08. The summed E-state index contributed by atoms with van der Waals surface area (Å²) in [5.74, 6) is 0.101. The van der Waals surface area contributed by atoms with Crippen LogP contribution in [0.1, 0.15) is 6.92 Å². The van der Waals surface area contributed by atoms with E-state index in [4.69, 9.17) is 4.74 Å². The molecule has 1 rings (SSSR count). The fourth-order valence-corrected chi connectivity index (χ4v) is 1.27. The first kappa shape index (κ1) is 8.17.